The molecule has 0 atom stereocenters. The van der Waals surface area contributed by atoms with Crippen molar-refractivity contribution in [3.05, 3.63) is 35.4 Å². The topological polar surface area (TPSA) is 3.24 Å². The predicted molar refractivity (Wildman–Crippen MR) is 85.8 cm³/mol. The van der Waals surface area contributed by atoms with Gasteiger partial charge in [0.2, 0.25) is 0 Å². The minimum atomic E-state index is 1.24. The lowest BCUT2D eigenvalue weighted by Crippen LogP contribution is -2.26. The number of nitrogens with zero attached hydrogens (tertiary/aromatic N) is 1. The Kier molecular flexibility index (Phi) is 8.57. The summed E-state index contributed by atoms with van der Waals surface area (Å²) >= 11 is 0. The fourth-order valence-corrected chi connectivity index (χ4v) is 2.69. The molecule has 0 saturated heterocycles. The zero-order valence-corrected chi connectivity index (χ0v) is 13.1. The molecule has 0 spiro atoms. The maximum atomic E-state index is 2.62. The van der Waals surface area contributed by atoms with Crippen LogP contribution in [0.5, 0.6) is 0 Å². The van der Waals surface area contributed by atoms with Crippen LogP contribution in [0.2, 0.25) is 0 Å². The SMILES string of the molecule is CCCN(CCC)CCCCCc1ccccc1C. The number of unbranched alkanes of at least 4 members (excludes halogenated alkanes) is 2. The van der Waals surface area contributed by atoms with E-state index in [2.05, 4.69) is 49.9 Å². The Balaban J connectivity index is 2.15. The van der Waals surface area contributed by atoms with Crippen LogP contribution in [0.3, 0.4) is 0 Å². The van der Waals surface area contributed by atoms with E-state index in [-0.39, 0.29) is 0 Å². The van der Waals surface area contributed by atoms with Gasteiger partial charge in [0, 0.05) is 0 Å². The van der Waals surface area contributed by atoms with Crippen LogP contribution < -0.4 is 0 Å². The summed E-state index contributed by atoms with van der Waals surface area (Å²) in [6.07, 6.45) is 7.85. The Labute approximate surface area is 120 Å². The van der Waals surface area contributed by atoms with Crippen LogP contribution in [0.15, 0.2) is 24.3 Å². The molecule has 1 aromatic carbocycles. The molecule has 1 nitrogen and oxygen atoms in total. The average molecular weight is 261 g/mol. The molecule has 0 aromatic heterocycles. The van der Waals surface area contributed by atoms with Gasteiger partial charge in [-0.3, -0.25) is 0 Å². The molecule has 0 aliphatic rings. The van der Waals surface area contributed by atoms with Gasteiger partial charge in [0.05, 0.1) is 0 Å². The van der Waals surface area contributed by atoms with Gasteiger partial charge in [-0.05, 0) is 69.8 Å². The highest BCUT2D eigenvalue weighted by molar-refractivity contribution is 5.25. The van der Waals surface area contributed by atoms with Gasteiger partial charge >= 0.3 is 0 Å². The summed E-state index contributed by atoms with van der Waals surface area (Å²) in [4.78, 5) is 2.62. The molecule has 0 saturated carbocycles. The summed E-state index contributed by atoms with van der Waals surface area (Å²) in [7, 11) is 0. The molecule has 0 amide bonds. The van der Waals surface area contributed by atoms with E-state index in [1.165, 1.54) is 69.3 Å². The van der Waals surface area contributed by atoms with E-state index in [1.54, 1.807) is 0 Å². The number of hydrogen-bond donors (Lipinski definition) is 0. The van der Waals surface area contributed by atoms with Crippen molar-refractivity contribution in [1.82, 2.24) is 4.90 Å². The molecule has 0 radical (unpaired) electrons. The van der Waals surface area contributed by atoms with E-state index in [4.69, 9.17) is 0 Å². The van der Waals surface area contributed by atoms with Crippen LogP contribution in [0.25, 0.3) is 0 Å². The lowest BCUT2D eigenvalue weighted by Gasteiger charge is -2.20. The summed E-state index contributed by atoms with van der Waals surface area (Å²) in [6.45, 7) is 10.6. The molecule has 19 heavy (non-hydrogen) atoms. The van der Waals surface area contributed by atoms with Gasteiger partial charge in [-0.2, -0.15) is 0 Å². The Hall–Kier alpha value is -0.820. The zero-order valence-electron chi connectivity index (χ0n) is 13.1. The second-order valence-electron chi connectivity index (χ2n) is 5.58. The minimum Gasteiger partial charge on any atom is -0.303 e. The standard InChI is InChI=1S/C18H31N/c1-4-14-19(15-5-2)16-10-6-7-12-18-13-9-8-11-17(18)3/h8-9,11,13H,4-7,10,12,14-16H2,1-3H3. The number of aryl methyl sites for hydroxylation is 2. The Morgan fingerprint density at radius 1 is 0.842 bits per heavy atom. The molecule has 0 aliphatic carbocycles. The van der Waals surface area contributed by atoms with Crippen molar-refractivity contribution in [2.45, 2.75) is 59.3 Å². The van der Waals surface area contributed by atoms with E-state index >= 15 is 0 Å². The first-order valence-corrected chi connectivity index (χ1v) is 8.04. The summed E-state index contributed by atoms with van der Waals surface area (Å²) in [5.41, 5.74) is 2.97. The molecular weight excluding hydrogens is 230 g/mol. The van der Waals surface area contributed by atoms with E-state index in [0.29, 0.717) is 0 Å². The predicted octanol–water partition coefficient (Wildman–Crippen LogP) is 4.83. The van der Waals surface area contributed by atoms with Gasteiger partial charge in [-0.15, -0.1) is 0 Å². The van der Waals surface area contributed by atoms with Crippen molar-refractivity contribution in [1.29, 1.82) is 0 Å². The largest absolute Gasteiger partial charge is 0.303 e. The van der Waals surface area contributed by atoms with E-state index in [1.807, 2.05) is 0 Å². The number of hydrogen-bond acceptors (Lipinski definition) is 1. The summed E-state index contributed by atoms with van der Waals surface area (Å²) < 4.78 is 0. The second-order valence-corrected chi connectivity index (χ2v) is 5.58. The third-order valence-corrected chi connectivity index (χ3v) is 3.76. The summed E-state index contributed by atoms with van der Waals surface area (Å²) in [5.74, 6) is 0. The van der Waals surface area contributed by atoms with Crippen molar-refractivity contribution in [2.75, 3.05) is 19.6 Å². The molecule has 0 heterocycles. The van der Waals surface area contributed by atoms with Gasteiger partial charge in [0.25, 0.3) is 0 Å². The molecule has 1 aromatic rings. The van der Waals surface area contributed by atoms with Crippen LogP contribution in [0, 0.1) is 6.92 Å². The maximum absolute atomic E-state index is 2.62. The van der Waals surface area contributed by atoms with Crippen molar-refractivity contribution in [3.63, 3.8) is 0 Å². The first kappa shape index (κ1) is 16.2. The van der Waals surface area contributed by atoms with Crippen molar-refractivity contribution < 1.29 is 0 Å². The quantitative estimate of drug-likeness (QED) is 0.545. The lowest BCUT2D eigenvalue weighted by atomic mass is 10.0. The summed E-state index contributed by atoms with van der Waals surface area (Å²) in [5, 5.41) is 0. The van der Waals surface area contributed by atoms with Crippen molar-refractivity contribution in [3.8, 4) is 0 Å². The number of rotatable bonds is 10. The van der Waals surface area contributed by atoms with Gasteiger partial charge in [0.1, 0.15) is 0 Å². The normalized spacial score (nSPS) is 11.2. The van der Waals surface area contributed by atoms with Crippen LogP contribution in [-0.2, 0) is 6.42 Å². The third-order valence-electron chi connectivity index (χ3n) is 3.76. The van der Waals surface area contributed by atoms with Crippen molar-refractivity contribution in [2.24, 2.45) is 0 Å². The first-order chi connectivity index (χ1) is 9.27. The lowest BCUT2D eigenvalue weighted by molar-refractivity contribution is 0.268. The van der Waals surface area contributed by atoms with Crippen LogP contribution in [-0.4, -0.2) is 24.5 Å². The highest BCUT2D eigenvalue weighted by Gasteiger charge is 2.02. The maximum Gasteiger partial charge on any atom is -0.00187 e. The highest BCUT2D eigenvalue weighted by Crippen LogP contribution is 2.11. The van der Waals surface area contributed by atoms with Gasteiger partial charge in [-0.1, -0.05) is 44.5 Å². The number of benzene rings is 1. The Bertz CT molecular complexity index is 326. The molecule has 0 fully saturated rings. The second kappa shape index (κ2) is 10.0. The monoisotopic (exact) mass is 261 g/mol. The molecule has 1 rings (SSSR count). The fourth-order valence-electron chi connectivity index (χ4n) is 2.69. The Morgan fingerprint density at radius 2 is 1.53 bits per heavy atom. The van der Waals surface area contributed by atoms with E-state index < -0.39 is 0 Å². The van der Waals surface area contributed by atoms with Crippen LogP contribution >= 0.6 is 0 Å². The smallest absolute Gasteiger partial charge is 0.00187 e. The van der Waals surface area contributed by atoms with E-state index in [9.17, 15) is 0 Å². The highest BCUT2D eigenvalue weighted by atomic mass is 15.1. The average Bonchev–Trinajstić information content (AvgIpc) is 2.41. The van der Waals surface area contributed by atoms with Crippen molar-refractivity contribution >= 4 is 0 Å². The molecule has 108 valence electrons. The molecular formula is C18H31N. The zero-order chi connectivity index (χ0) is 13.9. The molecule has 1 heteroatoms. The van der Waals surface area contributed by atoms with Crippen LogP contribution in [0.4, 0.5) is 0 Å². The Morgan fingerprint density at radius 3 is 2.16 bits per heavy atom. The molecule has 0 N–H and O–H groups in total. The minimum absolute atomic E-state index is 1.24. The molecule has 0 bridgehead atoms. The van der Waals surface area contributed by atoms with Gasteiger partial charge < -0.3 is 4.90 Å². The van der Waals surface area contributed by atoms with Gasteiger partial charge in [-0.25, -0.2) is 0 Å². The molecule has 0 unspecified atom stereocenters. The fraction of sp³-hybridized carbons (Fsp3) is 0.667. The first-order valence-electron chi connectivity index (χ1n) is 8.04. The van der Waals surface area contributed by atoms with Crippen LogP contribution in [0.1, 0.15) is 57.1 Å². The molecule has 0 aliphatic heterocycles. The van der Waals surface area contributed by atoms with Gasteiger partial charge in [0.15, 0.2) is 0 Å². The van der Waals surface area contributed by atoms with E-state index in [0.717, 1.165) is 0 Å². The third kappa shape index (κ3) is 6.77. The summed E-state index contributed by atoms with van der Waals surface area (Å²) in [6, 6.07) is 8.79.